The minimum Gasteiger partial charge on any atom is -0.140 e. The van der Waals surface area contributed by atoms with Crippen molar-refractivity contribution >= 4 is 82.2 Å². The number of aryl methyl sites for hydroxylation is 1. The van der Waals surface area contributed by atoms with Gasteiger partial charge in [0.2, 0.25) is 0 Å². The summed E-state index contributed by atoms with van der Waals surface area (Å²) in [6.45, 7) is 29.5. The van der Waals surface area contributed by atoms with Crippen LogP contribution in [0.2, 0.25) is 26.2 Å². The van der Waals surface area contributed by atoms with Crippen molar-refractivity contribution in [1.29, 1.82) is 0 Å². The maximum atomic E-state index is 2.61. The predicted molar refractivity (Wildman–Crippen MR) is 170 cm³/mol. The van der Waals surface area contributed by atoms with Gasteiger partial charge in [0.1, 0.15) is 16.1 Å². The van der Waals surface area contributed by atoms with Crippen LogP contribution in [0, 0.1) is 34.6 Å². The first kappa shape index (κ1) is 24.6. The van der Waals surface area contributed by atoms with E-state index in [0.29, 0.717) is 0 Å². The first-order chi connectivity index (χ1) is 16.1. The zero-order valence-electron chi connectivity index (χ0n) is 23.1. The lowest BCUT2D eigenvalue weighted by Crippen LogP contribution is -2.51. The van der Waals surface area contributed by atoms with Crippen molar-refractivity contribution in [3.63, 3.8) is 0 Å². The van der Waals surface area contributed by atoms with Gasteiger partial charge in [0, 0.05) is 39.0 Å². The van der Waals surface area contributed by atoms with E-state index in [-0.39, 0.29) is 5.41 Å². The standard InChI is InChI=1S/C29H36S4Si2/c1-13-17(5)30-20-21-25(34(9,10)24(13)20)14(2)18(31-21)19-15(3)26-22(32-19)23-27(35(26,11)12)16(4)28(33-23)29(6,7)8/h1-12H3. The molecule has 0 N–H and O–H groups in total. The third kappa shape index (κ3) is 2.93. The van der Waals surface area contributed by atoms with Gasteiger partial charge in [-0.1, -0.05) is 47.0 Å². The molecule has 0 spiro atoms. The molecule has 0 unspecified atom stereocenters. The molecule has 6 heteroatoms. The van der Waals surface area contributed by atoms with Gasteiger partial charge >= 0.3 is 0 Å². The highest BCUT2D eigenvalue weighted by Gasteiger charge is 2.47. The summed E-state index contributed by atoms with van der Waals surface area (Å²) in [5.41, 5.74) is 6.55. The number of fused-ring (bicyclic) bond motifs is 6. The van der Waals surface area contributed by atoms with Crippen molar-refractivity contribution in [3.05, 3.63) is 32.0 Å². The summed E-state index contributed by atoms with van der Waals surface area (Å²) < 4.78 is 0. The molecule has 6 heterocycles. The molecule has 4 aromatic rings. The largest absolute Gasteiger partial charge is 0.140 e. The Kier molecular flexibility index (Phi) is 5.06. The Balaban J connectivity index is 1.58. The second-order valence-corrected chi connectivity index (χ2v) is 25.6. The Hall–Kier alpha value is -0.766. The summed E-state index contributed by atoms with van der Waals surface area (Å²) >= 11 is 8.37. The second-order valence-electron chi connectivity index (χ2n) is 12.8. The number of hydrogen-bond donors (Lipinski definition) is 0. The number of rotatable bonds is 1. The molecular formula is C29H36S4Si2. The molecule has 35 heavy (non-hydrogen) atoms. The maximum Gasteiger partial charge on any atom is 0.116 e. The summed E-state index contributed by atoms with van der Waals surface area (Å²) in [6.07, 6.45) is 0. The number of thiophene rings is 4. The Morgan fingerprint density at radius 3 is 1.29 bits per heavy atom. The molecule has 0 aliphatic carbocycles. The normalized spacial score (nSPS) is 17.0. The van der Waals surface area contributed by atoms with E-state index in [1.165, 1.54) is 4.88 Å². The minimum atomic E-state index is -1.71. The minimum absolute atomic E-state index is 0.217. The van der Waals surface area contributed by atoms with E-state index in [1.807, 2.05) is 11.3 Å². The summed E-state index contributed by atoms with van der Waals surface area (Å²) in [6, 6.07) is 0. The molecule has 0 saturated heterocycles. The molecule has 0 saturated carbocycles. The van der Waals surface area contributed by atoms with Gasteiger partial charge in [-0.25, -0.2) is 0 Å². The molecule has 0 bridgehead atoms. The average molecular weight is 569 g/mol. The fourth-order valence-corrected chi connectivity index (χ4v) is 24.5. The quantitative estimate of drug-likeness (QED) is 0.204. The lowest BCUT2D eigenvalue weighted by atomic mass is 9.92. The van der Waals surface area contributed by atoms with Crippen molar-refractivity contribution in [2.45, 2.75) is 87.0 Å². The molecule has 0 fully saturated rings. The third-order valence-electron chi connectivity index (χ3n) is 8.63. The van der Waals surface area contributed by atoms with Crippen LogP contribution in [-0.2, 0) is 5.41 Å². The first-order valence-electron chi connectivity index (χ1n) is 12.6. The van der Waals surface area contributed by atoms with Gasteiger partial charge in [-0.3, -0.25) is 0 Å². The van der Waals surface area contributed by atoms with E-state index in [4.69, 9.17) is 0 Å². The van der Waals surface area contributed by atoms with Gasteiger partial charge in [-0.15, -0.1) is 45.3 Å². The predicted octanol–water partition coefficient (Wildman–Crippen LogP) is 8.05. The number of hydrogen-bond acceptors (Lipinski definition) is 4. The van der Waals surface area contributed by atoms with Gasteiger partial charge in [0.15, 0.2) is 0 Å². The van der Waals surface area contributed by atoms with Crippen LogP contribution in [0.5, 0.6) is 0 Å². The zero-order valence-corrected chi connectivity index (χ0v) is 28.4. The van der Waals surface area contributed by atoms with Crippen LogP contribution in [0.1, 0.15) is 52.8 Å². The highest BCUT2D eigenvalue weighted by Crippen LogP contribution is 2.51. The van der Waals surface area contributed by atoms with Crippen LogP contribution in [0.25, 0.3) is 29.3 Å². The first-order valence-corrected chi connectivity index (χ1v) is 21.9. The molecule has 0 atom stereocenters. The molecule has 6 rings (SSSR count). The monoisotopic (exact) mass is 568 g/mol. The summed E-state index contributed by atoms with van der Waals surface area (Å²) in [7, 11) is -3.37. The van der Waals surface area contributed by atoms with E-state index in [0.717, 1.165) is 0 Å². The van der Waals surface area contributed by atoms with E-state index < -0.39 is 16.1 Å². The highest BCUT2D eigenvalue weighted by atomic mass is 32.1. The SMILES string of the molecule is Cc1sc2c(c1C)[Si](C)(C)c1c-2sc(-c2sc3c(c2C)[Si](C)(C)c2c-3sc(C(C)(C)C)c2C)c1C. The van der Waals surface area contributed by atoms with E-state index in [2.05, 4.69) is 116 Å². The fourth-order valence-electron chi connectivity index (χ4n) is 7.22. The van der Waals surface area contributed by atoms with Crippen molar-refractivity contribution in [3.8, 4) is 29.3 Å². The van der Waals surface area contributed by atoms with Crippen LogP contribution in [0.15, 0.2) is 0 Å². The molecule has 0 radical (unpaired) electrons. The molecule has 4 aromatic heterocycles. The molecule has 0 amide bonds. The second kappa shape index (κ2) is 7.20. The van der Waals surface area contributed by atoms with E-state index in [9.17, 15) is 0 Å². The smallest absolute Gasteiger partial charge is 0.116 e. The van der Waals surface area contributed by atoms with Gasteiger partial charge < -0.3 is 0 Å². The Bertz CT molecular complexity index is 1570. The summed E-state index contributed by atoms with van der Waals surface area (Å²) in [5.74, 6) is 0. The molecule has 0 aromatic carbocycles. The fraction of sp³-hybridized carbons (Fsp3) is 0.448. The lowest BCUT2D eigenvalue weighted by molar-refractivity contribution is 0.601. The summed E-state index contributed by atoms with van der Waals surface area (Å²) in [4.78, 5) is 12.7. The van der Waals surface area contributed by atoms with Gasteiger partial charge in [-0.2, -0.15) is 0 Å². The maximum absolute atomic E-state index is 2.61. The van der Waals surface area contributed by atoms with Crippen molar-refractivity contribution in [2.75, 3.05) is 0 Å². The Morgan fingerprint density at radius 1 is 0.457 bits per heavy atom. The Labute approximate surface area is 229 Å². The molecule has 2 aliphatic heterocycles. The van der Waals surface area contributed by atoms with E-state index in [1.54, 1.807) is 77.1 Å². The molecule has 0 nitrogen and oxygen atoms in total. The van der Waals surface area contributed by atoms with Crippen molar-refractivity contribution in [2.24, 2.45) is 0 Å². The van der Waals surface area contributed by atoms with Gasteiger partial charge in [0.25, 0.3) is 0 Å². The van der Waals surface area contributed by atoms with Crippen LogP contribution >= 0.6 is 45.3 Å². The van der Waals surface area contributed by atoms with Crippen LogP contribution in [0.4, 0.5) is 0 Å². The molecular weight excluding hydrogens is 533 g/mol. The van der Waals surface area contributed by atoms with Gasteiger partial charge in [0.05, 0.1) is 0 Å². The van der Waals surface area contributed by atoms with Gasteiger partial charge in [-0.05, 0) is 83.0 Å². The summed E-state index contributed by atoms with van der Waals surface area (Å²) in [5, 5.41) is 6.92. The van der Waals surface area contributed by atoms with E-state index >= 15 is 0 Å². The topological polar surface area (TPSA) is 0 Å². The lowest BCUT2D eigenvalue weighted by Gasteiger charge is -2.23. The van der Waals surface area contributed by atoms with Crippen LogP contribution < -0.4 is 20.7 Å². The highest BCUT2D eigenvalue weighted by molar-refractivity contribution is 7.34. The van der Waals surface area contributed by atoms with Crippen LogP contribution in [-0.4, -0.2) is 16.1 Å². The molecule has 2 aliphatic rings. The van der Waals surface area contributed by atoms with Crippen LogP contribution in [0.3, 0.4) is 0 Å². The Morgan fingerprint density at radius 2 is 0.829 bits per heavy atom. The van der Waals surface area contributed by atoms with Crippen molar-refractivity contribution in [1.82, 2.24) is 0 Å². The third-order valence-corrected chi connectivity index (χ3v) is 22.9. The zero-order chi connectivity index (χ0) is 25.6. The molecule has 184 valence electrons. The van der Waals surface area contributed by atoms with Crippen molar-refractivity contribution < 1.29 is 0 Å². The average Bonchev–Trinajstić information content (AvgIpc) is 3.49.